The van der Waals surface area contributed by atoms with Crippen molar-refractivity contribution in [2.45, 2.75) is 18.4 Å². The van der Waals surface area contributed by atoms with Crippen molar-refractivity contribution in [1.82, 2.24) is 15.0 Å². The monoisotopic (exact) mass is 355 g/mol. The summed E-state index contributed by atoms with van der Waals surface area (Å²) in [4.78, 5) is 13.4. The maximum atomic E-state index is 11.5. The molecular formula is C18H17N3O3S. The van der Waals surface area contributed by atoms with E-state index >= 15 is 0 Å². The molecule has 128 valence electrons. The van der Waals surface area contributed by atoms with E-state index in [9.17, 15) is 8.42 Å². The molecule has 0 aliphatic carbocycles. The van der Waals surface area contributed by atoms with Gasteiger partial charge in [-0.1, -0.05) is 6.07 Å². The van der Waals surface area contributed by atoms with Crippen LogP contribution in [0.1, 0.15) is 11.4 Å². The number of aromatic nitrogens is 3. The van der Waals surface area contributed by atoms with Gasteiger partial charge in [0.2, 0.25) is 0 Å². The van der Waals surface area contributed by atoms with Gasteiger partial charge in [0.1, 0.15) is 18.1 Å². The summed E-state index contributed by atoms with van der Waals surface area (Å²) in [5.74, 6) is 1.12. The Morgan fingerprint density at radius 1 is 1.04 bits per heavy atom. The Hall–Kier alpha value is -2.80. The Balaban J connectivity index is 1.76. The van der Waals surface area contributed by atoms with Crippen LogP contribution in [0.15, 0.2) is 59.6 Å². The zero-order valence-corrected chi connectivity index (χ0v) is 14.7. The summed E-state index contributed by atoms with van der Waals surface area (Å²) in [6.45, 7) is 2.14. The second kappa shape index (κ2) is 6.98. The maximum Gasteiger partial charge on any atom is 0.178 e. The topological polar surface area (TPSA) is 82.0 Å². The van der Waals surface area contributed by atoms with Crippen molar-refractivity contribution in [3.63, 3.8) is 0 Å². The van der Waals surface area contributed by atoms with Crippen LogP contribution < -0.4 is 4.74 Å². The molecule has 0 atom stereocenters. The van der Waals surface area contributed by atoms with Gasteiger partial charge in [0, 0.05) is 18.1 Å². The second-order valence-electron chi connectivity index (χ2n) is 5.57. The molecule has 0 N–H and O–H groups in total. The summed E-state index contributed by atoms with van der Waals surface area (Å²) in [5, 5.41) is 0. The van der Waals surface area contributed by atoms with Gasteiger partial charge in [-0.3, -0.25) is 4.98 Å². The first kappa shape index (κ1) is 17.0. The van der Waals surface area contributed by atoms with Crippen LogP contribution in [0.5, 0.6) is 5.75 Å². The predicted molar refractivity (Wildman–Crippen MR) is 93.9 cm³/mol. The van der Waals surface area contributed by atoms with Gasteiger partial charge in [0.05, 0.1) is 10.6 Å². The van der Waals surface area contributed by atoms with E-state index in [-0.39, 0.29) is 11.5 Å². The van der Waals surface area contributed by atoms with Crippen LogP contribution in [0.3, 0.4) is 0 Å². The van der Waals surface area contributed by atoms with Crippen LogP contribution in [0, 0.1) is 6.92 Å². The maximum absolute atomic E-state index is 11.5. The third-order valence-electron chi connectivity index (χ3n) is 3.44. The number of ether oxygens (including phenoxy) is 1. The van der Waals surface area contributed by atoms with Crippen molar-refractivity contribution < 1.29 is 13.2 Å². The lowest BCUT2D eigenvalue weighted by Crippen LogP contribution is -2.03. The SMILES string of the molecule is Cc1cc(COc2ccc(S(C)(=O)=O)cc2)nc(-c2ccccn2)n1. The highest BCUT2D eigenvalue weighted by atomic mass is 32.2. The molecule has 0 spiro atoms. The van der Waals surface area contributed by atoms with Gasteiger partial charge in [0.15, 0.2) is 15.7 Å². The fourth-order valence-corrected chi connectivity index (χ4v) is 2.89. The molecule has 7 heteroatoms. The number of nitrogens with zero attached hydrogens (tertiary/aromatic N) is 3. The zero-order valence-electron chi connectivity index (χ0n) is 13.9. The van der Waals surface area contributed by atoms with Crippen LogP contribution in [0.25, 0.3) is 11.5 Å². The van der Waals surface area contributed by atoms with E-state index in [1.54, 1.807) is 18.3 Å². The smallest absolute Gasteiger partial charge is 0.178 e. The Morgan fingerprint density at radius 3 is 2.44 bits per heavy atom. The molecule has 0 unspecified atom stereocenters. The summed E-state index contributed by atoms with van der Waals surface area (Å²) in [7, 11) is -3.21. The molecule has 6 nitrogen and oxygen atoms in total. The highest BCUT2D eigenvalue weighted by Gasteiger charge is 2.08. The predicted octanol–water partition coefficient (Wildman–Crippen LogP) is 2.83. The zero-order chi connectivity index (χ0) is 17.9. The lowest BCUT2D eigenvalue weighted by molar-refractivity contribution is 0.301. The summed E-state index contributed by atoms with van der Waals surface area (Å²) < 4.78 is 28.6. The molecule has 2 aromatic heterocycles. The molecule has 0 radical (unpaired) electrons. The van der Waals surface area contributed by atoms with Crippen molar-refractivity contribution in [3.05, 3.63) is 66.1 Å². The Morgan fingerprint density at radius 2 is 1.80 bits per heavy atom. The highest BCUT2D eigenvalue weighted by molar-refractivity contribution is 7.90. The van der Waals surface area contributed by atoms with Crippen molar-refractivity contribution in [3.8, 4) is 17.3 Å². The minimum Gasteiger partial charge on any atom is -0.487 e. The molecule has 0 saturated heterocycles. The minimum absolute atomic E-state index is 0.251. The van der Waals surface area contributed by atoms with Crippen molar-refractivity contribution >= 4 is 9.84 Å². The van der Waals surface area contributed by atoms with Crippen LogP contribution in [0.2, 0.25) is 0 Å². The molecule has 3 rings (SSSR count). The van der Waals surface area contributed by atoms with E-state index in [0.29, 0.717) is 17.3 Å². The minimum atomic E-state index is -3.21. The number of rotatable bonds is 5. The molecule has 2 heterocycles. The number of pyridine rings is 1. The lowest BCUT2D eigenvalue weighted by atomic mass is 10.3. The van der Waals surface area contributed by atoms with Crippen molar-refractivity contribution in [1.29, 1.82) is 0 Å². The van der Waals surface area contributed by atoms with Crippen LogP contribution in [0.4, 0.5) is 0 Å². The first-order chi connectivity index (χ1) is 11.9. The van der Waals surface area contributed by atoms with Crippen molar-refractivity contribution in [2.75, 3.05) is 6.26 Å². The van der Waals surface area contributed by atoms with E-state index in [2.05, 4.69) is 15.0 Å². The van der Waals surface area contributed by atoms with E-state index < -0.39 is 9.84 Å². The second-order valence-corrected chi connectivity index (χ2v) is 7.59. The molecule has 0 bridgehead atoms. The molecule has 0 fully saturated rings. The fourth-order valence-electron chi connectivity index (χ4n) is 2.26. The van der Waals surface area contributed by atoms with Crippen LogP contribution in [-0.2, 0) is 16.4 Å². The van der Waals surface area contributed by atoms with E-state index in [0.717, 1.165) is 11.4 Å². The van der Waals surface area contributed by atoms with Crippen molar-refractivity contribution in [2.24, 2.45) is 0 Å². The fraction of sp³-hybridized carbons (Fsp3) is 0.167. The van der Waals surface area contributed by atoms with Gasteiger partial charge < -0.3 is 4.74 Å². The number of hydrogen-bond donors (Lipinski definition) is 0. The average molecular weight is 355 g/mol. The molecular weight excluding hydrogens is 338 g/mol. The Kier molecular flexibility index (Phi) is 4.76. The third-order valence-corrected chi connectivity index (χ3v) is 4.57. The lowest BCUT2D eigenvalue weighted by Gasteiger charge is -2.08. The van der Waals surface area contributed by atoms with Crippen LogP contribution in [-0.4, -0.2) is 29.6 Å². The largest absolute Gasteiger partial charge is 0.487 e. The molecule has 3 aromatic rings. The summed E-state index contributed by atoms with van der Waals surface area (Å²) >= 11 is 0. The molecule has 1 aromatic carbocycles. The standard InChI is InChI=1S/C18H17N3O3S/c1-13-11-14(21-18(20-13)17-5-3-4-10-19-17)12-24-15-6-8-16(9-7-15)25(2,22)23/h3-11H,12H2,1-2H3. The first-order valence-electron chi connectivity index (χ1n) is 7.61. The van der Waals surface area contributed by atoms with Gasteiger partial charge in [0.25, 0.3) is 0 Å². The van der Waals surface area contributed by atoms with E-state index in [1.165, 1.54) is 18.4 Å². The normalized spacial score (nSPS) is 11.3. The summed E-state index contributed by atoms with van der Waals surface area (Å²) in [5.41, 5.74) is 2.24. The third kappa shape index (κ3) is 4.39. The quantitative estimate of drug-likeness (QED) is 0.700. The molecule has 0 amide bonds. The number of benzene rings is 1. The van der Waals surface area contributed by atoms with Gasteiger partial charge >= 0.3 is 0 Å². The van der Waals surface area contributed by atoms with E-state index in [1.807, 2.05) is 31.2 Å². The number of hydrogen-bond acceptors (Lipinski definition) is 6. The average Bonchev–Trinajstić information content (AvgIpc) is 2.60. The van der Waals surface area contributed by atoms with Gasteiger partial charge in [-0.05, 0) is 49.4 Å². The Bertz CT molecular complexity index is 972. The molecule has 25 heavy (non-hydrogen) atoms. The molecule has 0 aliphatic rings. The van der Waals surface area contributed by atoms with Gasteiger partial charge in [-0.2, -0.15) is 0 Å². The summed E-state index contributed by atoms with van der Waals surface area (Å²) in [6.07, 6.45) is 2.87. The molecule has 0 saturated carbocycles. The molecule has 0 aliphatic heterocycles. The van der Waals surface area contributed by atoms with Gasteiger partial charge in [-0.15, -0.1) is 0 Å². The number of sulfone groups is 1. The first-order valence-corrected chi connectivity index (χ1v) is 9.50. The van der Waals surface area contributed by atoms with Crippen LogP contribution >= 0.6 is 0 Å². The highest BCUT2D eigenvalue weighted by Crippen LogP contribution is 2.18. The van der Waals surface area contributed by atoms with Gasteiger partial charge in [-0.25, -0.2) is 18.4 Å². The van der Waals surface area contributed by atoms with E-state index in [4.69, 9.17) is 4.74 Å². The number of aryl methyl sites for hydroxylation is 1. The summed E-state index contributed by atoms with van der Waals surface area (Å²) in [6, 6.07) is 13.7. The Labute approximate surface area is 146 Å².